The fraction of sp³-hybridized carbons (Fsp3) is 0.864. The van der Waals surface area contributed by atoms with Crippen molar-refractivity contribution >= 4 is 29.5 Å². The second-order valence-electron chi connectivity index (χ2n) is 6.31. The Labute approximate surface area is 193 Å². The first-order chi connectivity index (χ1) is 15.0. The van der Waals surface area contributed by atoms with Crippen LogP contribution in [-0.4, -0.2) is 86.9 Å². The maximum absolute atomic E-state index is 11.9. The molecule has 0 spiro atoms. The maximum atomic E-state index is 11.9. The van der Waals surface area contributed by atoms with Crippen molar-refractivity contribution in [2.75, 3.05) is 58.9 Å². The molecule has 1 heterocycles. The second-order valence-corrected chi connectivity index (χ2v) is 7.45. The van der Waals surface area contributed by atoms with E-state index in [1.165, 1.54) is 6.92 Å². The van der Waals surface area contributed by atoms with Crippen molar-refractivity contribution in [3.05, 3.63) is 0 Å². The van der Waals surface area contributed by atoms with E-state index >= 15 is 0 Å². The smallest absolute Gasteiger partial charge is 0.409 e. The maximum Gasteiger partial charge on any atom is 0.409 e. The highest BCUT2D eigenvalue weighted by atomic mass is 32.2. The van der Waals surface area contributed by atoms with Crippen LogP contribution in [0.4, 0.5) is 4.79 Å². The van der Waals surface area contributed by atoms with Crippen LogP contribution in [0, 0.1) is 0 Å². The number of carbonyl (C=O) groups excluding carboxylic acids is 3. The summed E-state index contributed by atoms with van der Waals surface area (Å²) < 4.78 is 15.9. The number of amides is 2. The Morgan fingerprint density at radius 2 is 1.45 bits per heavy atom. The highest BCUT2D eigenvalue weighted by molar-refractivity contribution is 7.99. The van der Waals surface area contributed by atoms with Gasteiger partial charge in [0.25, 0.3) is 0 Å². The minimum atomic E-state index is -0.269. The van der Waals surface area contributed by atoms with Gasteiger partial charge in [-0.2, -0.15) is 11.8 Å². The number of piperidine rings is 1. The Hall–Kier alpha value is -1.32. The van der Waals surface area contributed by atoms with E-state index in [9.17, 15) is 14.4 Å². The van der Waals surface area contributed by atoms with Gasteiger partial charge in [0.15, 0.2) is 0 Å². The third kappa shape index (κ3) is 19.1. The number of likely N-dealkylation sites (tertiary alicyclic amines) is 1. The Morgan fingerprint density at radius 3 is 2.00 bits per heavy atom. The quantitative estimate of drug-likeness (QED) is 0.417. The average molecular weight is 465 g/mol. The zero-order valence-corrected chi connectivity index (χ0v) is 21.2. The Balaban J connectivity index is 0. The summed E-state index contributed by atoms with van der Waals surface area (Å²) in [7, 11) is 0. The molecule has 0 aromatic carbocycles. The van der Waals surface area contributed by atoms with Crippen molar-refractivity contribution in [1.29, 1.82) is 0 Å². The topological polar surface area (TPSA) is 94.2 Å². The lowest BCUT2D eigenvalue weighted by Gasteiger charge is -2.30. The minimum absolute atomic E-state index is 0.00406. The summed E-state index contributed by atoms with van der Waals surface area (Å²) in [5, 5.41) is 3.32. The van der Waals surface area contributed by atoms with Crippen LogP contribution in [0.1, 0.15) is 60.3 Å². The molecule has 1 rings (SSSR count). The molecule has 0 radical (unpaired) electrons. The SMILES string of the molecule is CC.CC.CSC1CCN(C(=O)OCCOCCOCCNC(=O)CCC(C)=O)CC1. The first-order valence-electron chi connectivity index (χ1n) is 11.4. The average Bonchev–Trinajstić information content (AvgIpc) is 2.81. The molecule has 9 heteroatoms. The van der Waals surface area contributed by atoms with Crippen LogP contribution >= 0.6 is 11.8 Å². The van der Waals surface area contributed by atoms with Crippen LogP contribution in [0.3, 0.4) is 0 Å². The van der Waals surface area contributed by atoms with E-state index in [1.807, 2.05) is 39.5 Å². The van der Waals surface area contributed by atoms with Gasteiger partial charge in [-0.05, 0) is 26.0 Å². The third-order valence-electron chi connectivity index (χ3n) is 4.13. The van der Waals surface area contributed by atoms with E-state index < -0.39 is 0 Å². The molecular weight excluding hydrogens is 420 g/mol. The molecule has 2 amide bonds. The van der Waals surface area contributed by atoms with Gasteiger partial charge in [-0.1, -0.05) is 27.7 Å². The summed E-state index contributed by atoms with van der Waals surface area (Å²) in [5.41, 5.74) is 0. The zero-order valence-electron chi connectivity index (χ0n) is 20.4. The Morgan fingerprint density at radius 1 is 0.903 bits per heavy atom. The van der Waals surface area contributed by atoms with Crippen LogP contribution in [-0.2, 0) is 23.8 Å². The van der Waals surface area contributed by atoms with Crippen LogP contribution in [0.2, 0.25) is 0 Å². The molecule has 1 N–H and O–H groups in total. The molecule has 0 unspecified atom stereocenters. The first-order valence-corrected chi connectivity index (χ1v) is 12.7. The van der Waals surface area contributed by atoms with Crippen molar-refractivity contribution < 1.29 is 28.6 Å². The van der Waals surface area contributed by atoms with Gasteiger partial charge in [-0.3, -0.25) is 4.79 Å². The van der Waals surface area contributed by atoms with Crippen LogP contribution in [0.5, 0.6) is 0 Å². The van der Waals surface area contributed by atoms with Gasteiger partial charge in [0.05, 0.1) is 26.4 Å². The molecule has 0 atom stereocenters. The number of nitrogens with one attached hydrogen (secondary N) is 1. The Kier molecular flexibility index (Phi) is 24.0. The fourth-order valence-electron chi connectivity index (χ4n) is 2.52. The van der Waals surface area contributed by atoms with Crippen molar-refractivity contribution in [1.82, 2.24) is 10.2 Å². The number of ether oxygens (including phenoxy) is 3. The highest BCUT2D eigenvalue weighted by Crippen LogP contribution is 2.21. The summed E-state index contributed by atoms with van der Waals surface area (Å²) in [6.45, 7) is 13.1. The largest absolute Gasteiger partial charge is 0.447 e. The lowest BCUT2D eigenvalue weighted by Crippen LogP contribution is -2.40. The lowest BCUT2D eigenvalue weighted by molar-refractivity contribution is -0.124. The van der Waals surface area contributed by atoms with Gasteiger partial charge in [0, 0.05) is 37.7 Å². The molecule has 1 saturated heterocycles. The number of ketones is 1. The third-order valence-corrected chi connectivity index (χ3v) is 5.27. The summed E-state index contributed by atoms with van der Waals surface area (Å²) in [4.78, 5) is 35.8. The number of rotatable bonds is 13. The van der Waals surface area contributed by atoms with E-state index in [4.69, 9.17) is 14.2 Å². The molecule has 31 heavy (non-hydrogen) atoms. The lowest BCUT2D eigenvalue weighted by atomic mass is 10.1. The van der Waals surface area contributed by atoms with E-state index in [0.29, 0.717) is 38.2 Å². The number of Topliss-reactive ketones (excluding diaryl/α,β-unsaturated/α-hetero) is 1. The number of nitrogens with zero attached hydrogens (tertiary/aromatic N) is 1. The van der Waals surface area contributed by atoms with Crippen molar-refractivity contribution in [3.63, 3.8) is 0 Å². The van der Waals surface area contributed by atoms with Crippen LogP contribution in [0.15, 0.2) is 0 Å². The predicted octanol–water partition coefficient (Wildman–Crippen LogP) is 3.52. The van der Waals surface area contributed by atoms with Gasteiger partial charge in [0.1, 0.15) is 12.4 Å². The van der Waals surface area contributed by atoms with E-state index in [2.05, 4.69) is 11.6 Å². The van der Waals surface area contributed by atoms with Crippen molar-refractivity contribution in [2.24, 2.45) is 0 Å². The van der Waals surface area contributed by atoms with Gasteiger partial charge in [-0.25, -0.2) is 4.79 Å². The standard InChI is InChI=1S/C18H32N2O6S.2C2H6/c1-15(21)3-4-17(22)19-7-10-24-11-12-25-13-14-26-18(23)20-8-5-16(27-2)6-9-20;2*1-2/h16H,3-14H2,1-2H3,(H,19,22);2*1-2H3. The molecule has 0 aromatic heterocycles. The van der Waals surface area contributed by atoms with E-state index in [1.54, 1.807) is 4.90 Å². The molecule has 0 aliphatic carbocycles. The molecule has 0 saturated carbocycles. The number of carbonyl (C=O) groups is 3. The van der Waals surface area contributed by atoms with Crippen molar-refractivity contribution in [2.45, 2.75) is 65.6 Å². The monoisotopic (exact) mass is 464 g/mol. The van der Waals surface area contributed by atoms with Gasteiger partial charge in [0.2, 0.25) is 5.91 Å². The molecule has 0 aromatic rings. The van der Waals surface area contributed by atoms with E-state index in [-0.39, 0.29) is 37.2 Å². The normalized spacial score (nSPS) is 13.3. The van der Waals surface area contributed by atoms with Crippen LogP contribution < -0.4 is 5.32 Å². The van der Waals surface area contributed by atoms with Gasteiger partial charge in [-0.15, -0.1) is 0 Å². The molecule has 0 bridgehead atoms. The number of hydrogen-bond donors (Lipinski definition) is 1. The summed E-state index contributed by atoms with van der Waals surface area (Å²) >= 11 is 1.85. The molecule has 1 aliphatic rings. The van der Waals surface area contributed by atoms with E-state index in [0.717, 1.165) is 25.9 Å². The van der Waals surface area contributed by atoms with Gasteiger partial charge >= 0.3 is 6.09 Å². The molecule has 1 aliphatic heterocycles. The summed E-state index contributed by atoms with van der Waals surface area (Å²) in [6, 6.07) is 0. The minimum Gasteiger partial charge on any atom is -0.447 e. The van der Waals surface area contributed by atoms with Gasteiger partial charge < -0.3 is 29.2 Å². The number of hydrogen-bond acceptors (Lipinski definition) is 7. The second kappa shape index (κ2) is 23.3. The fourth-order valence-corrected chi connectivity index (χ4v) is 3.20. The Bertz CT molecular complexity index is 457. The van der Waals surface area contributed by atoms with Crippen molar-refractivity contribution in [3.8, 4) is 0 Å². The summed E-state index contributed by atoms with van der Waals surface area (Å²) in [6.07, 6.45) is 4.35. The zero-order chi connectivity index (χ0) is 23.9. The predicted molar refractivity (Wildman–Crippen MR) is 127 cm³/mol. The molecule has 184 valence electrons. The number of thioether (sulfide) groups is 1. The molecule has 1 fully saturated rings. The highest BCUT2D eigenvalue weighted by Gasteiger charge is 2.22. The molecule has 8 nitrogen and oxygen atoms in total. The first kappa shape index (κ1) is 31.9. The van der Waals surface area contributed by atoms with Crippen LogP contribution in [0.25, 0.3) is 0 Å². The summed E-state index contributed by atoms with van der Waals surface area (Å²) in [5.74, 6) is -0.145. The molecular formula is C22H44N2O6S.